The Hall–Kier alpha value is -3.26. The summed E-state index contributed by atoms with van der Waals surface area (Å²) in [6.45, 7) is 2.21. The summed E-state index contributed by atoms with van der Waals surface area (Å²) >= 11 is 0. The quantitative estimate of drug-likeness (QED) is 0.709. The lowest BCUT2D eigenvalue weighted by atomic mass is 10.2. The van der Waals surface area contributed by atoms with Gasteiger partial charge < -0.3 is 15.2 Å². The number of aromatic nitrogens is 3. The number of hydrogen-bond donors (Lipinski definition) is 2. The molecule has 0 aliphatic heterocycles. The highest BCUT2D eigenvalue weighted by Gasteiger charge is 2.08. The molecule has 0 aliphatic rings. The molecule has 128 valence electrons. The van der Waals surface area contributed by atoms with Crippen LogP contribution in [0.2, 0.25) is 0 Å². The van der Waals surface area contributed by atoms with Crippen LogP contribution in [0.15, 0.2) is 42.9 Å². The first-order valence-electron chi connectivity index (χ1n) is 7.56. The van der Waals surface area contributed by atoms with Crippen molar-refractivity contribution < 1.29 is 19.4 Å². The normalized spacial score (nSPS) is 10.8. The van der Waals surface area contributed by atoms with Gasteiger partial charge in [0.05, 0.1) is 17.8 Å². The topological polar surface area (TPSA) is 106 Å². The largest absolute Gasteiger partial charge is 0.464 e. The molecule has 0 saturated carbocycles. The number of hydrogen-bond acceptors (Lipinski definition) is 6. The highest BCUT2D eigenvalue weighted by atomic mass is 16.5. The number of benzene rings is 1. The van der Waals surface area contributed by atoms with E-state index in [1.807, 2.05) is 0 Å². The number of carbonyl (C=O) groups is 2. The molecule has 0 saturated heterocycles. The van der Waals surface area contributed by atoms with Crippen LogP contribution in [0.5, 0.6) is 11.6 Å². The molecule has 25 heavy (non-hydrogen) atoms. The Morgan fingerprint density at radius 2 is 2.08 bits per heavy atom. The molecule has 0 unspecified atom stereocenters. The van der Waals surface area contributed by atoms with Gasteiger partial charge in [-0.25, -0.2) is 14.8 Å². The first-order chi connectivity index (χ1) is 12.0. The smallest absolute Gasteiger partial charge is 0.415 e. The Balaban J connectivity index is 1.74. The standard InChI is InChI=1S/C17H16N4O4/c1-11(22)8-18-9-13-7-16(20-10-19-13)25-14-2-3-15-12(6-14)4-5-21(15)17(23)24/h2-7,10,18H,8-9H2,1H3,(H,23,24). The van der Waals surface area contributed by atoms with Gasteiger partial charge in [0, 0.05) is 24.2 Å². The molecule has 1 aromatic carbocycles. The van der Waals surface area contributed by atoms with Crippen molar-refractivity contribution in [3.63, 3.8) is 0 Å². The summed E-state index contributed by atoms with van der Waals surface area (Å²) in [5.41, 5.74) is 1.28. The van der Waals surface area contributed by atoms with Gasteiger partial charge in [-0.1, -0.05) is 0 Å². The van der Waals surface area contributed by atoms with E-state index in [0.29, 0.717) is 29.4 Å². The molecule has 0 bridgehead atoms. The van der Waals surface area contributed by atoms with Gasteiger partial charge in [-0.2, -0.15) is 0 Å². The lowest BCUT2D eigenvalue weighted by molar-refractivity contribution is -0.116. The lowest BCUT2D eigenvalue weighted by Gasteiger charge is -2.07. The van der Waals surface area contributed by atoms with Crippen LogP contribution in [0.1, 0.15) is 12.6 Å². The third-order valence-corrected chi connectivity index (χ3v) is 3.47. The van der Waals surface area contributed by atoms with Crippen molar-refractivity contribution in [3.8, 4) is 11.6 Å². The number of ether oxygens (including phenoxy) is 1. The number of carbonyl (C=O) groups excluding carboxylic acids is 1. The third kappa shape index (κ3) is 3.99. The molecule has 0 atom stereocenters. The Bertz CT molecular complexity index is 935. The monoisotopic (exact) mass is 340 g/mol. The molecule has 2 aromatic heterocycles. The van der Waals surface area contributed by atoms with Crippen molar-refractivity contribution in [2.75, 3.05) is 6.54 Å². The minimum Gasteiger partial charge on any atom is -0.464 e. The van der Waals surface area contributed by atoms with E-state index < -0.39 is 6.09 Å². The molecule has 3 aromatic rings. The average molecular weight is 340 g/mol. The maximum absolute atomic E-state index is 11.1. The molecule has 0 aliphatic carbocycles. The Kier molecular flexibility index (Phi) is 4.71. The van der Waals surface area contributed by atoms with Crippen molar-refractivity contribution in [1.29, 1.82) is 0 Å². The highest BCUT2D eigenvalue weighted by Crippen LogP contribution is 2.25. The molecule has 0 amide bonds. The van der Waals surface area contributed by atoms with Crippen molar-refractivity contribution in [2.45, 2.75) is 13.5 Å². The second-order valence-electron chi connectivity index (χ2n) is 5.44. The van der Waals surface area contributed by atoms with Crippen LogP contribution in [-0.2, 0) is 11.3 Å². The zero-order valence-corrected chi connectivity index (χ0v) is 13.5. The van der Waals surface area contributed by atoms with Crippen molar-refractivity contribution in [1.82, 2.24) is 19.9 Å². The molecule has 2 heterocycles. The number of ketones is 1. The average Bonchev–Trinajstić information content (AvgIpc) is 2.98. The summed E-state index contributed by atoms with van der Waals surface area (Å²) in [6, 6.07) is 8.48. The SMILES string of the molecule is CC(=O)CNCc1cc(Oc2ccc3c(ccn3C(=O)O)c2)ncn1. The summed E-state index contributed by atoms with van der Waals surface area (Å²) in [4.78, 5) is 30.2. The fourth-order valence-electron chi connectivity index (χ4n) is 2.37. The number of carboxylic acid groups (broad SMARTS) is 1. The fraction of sp³-hybridized carbons (Fsp3) is 0.176. The fourth-order valence-corrected chi connectivity index (χ4v) is 2.37. The Morgan fingerprint density at radius 1 is 1.24 bits per heavy atom. The maximum Gasteiger partial charge on any atom is 0.415 e. The van der Waals surface area contributed by atoms with Crippen LogP contribution in [-0.4, -0.2) is 38.1 Å². The number of nitrogens with one attached hydrogen (secondary N) is 1. The zero-order valence-electron chi connectivity index (χ0n) is 13.5. The highest BCUT2D eigenvalue weighted by molar-refractivity contribution is 5.89. The summed E-state index contributed by atoms with van der Waals surface area (Å²) in [6.07, 6.45) is 1.84. The van der Waals surface area contributed by atoms with Crippen LogP contribution in [0.3, 0.4) is 0 Å². The van der Waals surface area contributed by atoms with E-state index in [0.717, 1.165) is 9.95 Å². The predicted octanol–water partition coefficient (Wildman–Crippen LogP) is 2.43. The van der Waals surface area contributed by atoms with Crippen LogP contribution in [0, 0.1) is 0 Å². The lowest BCUT2D eigenvalue weighted by Crippen LogP contribution is -2.20. The number of nitrogens with zero attached hydrogens (tertiary/aromatic N) is 3. The molecule has 0 radical (unpaired) electrons. The van der Waals surface area contributed by atoms with E-state index in [9.17, 15) is 9.59 Å². The molecule has 3 rings (SSSR count). The van der Waals surface area contributed by atoms with Gasteiger partial charge in [-0.15, -0.1) is 0 Å². The molecule has 0 spiro atoms. The van der Waals surface area contributed by atoms with Gasteiger partial charge >= 0.3 is 6.09 Å². The molecule has 2 N–H and O–H groups in total. The van der Waals surface area contributed by atoms with Crippen LogP contribution < -0.4 is 10.1 Å². The third-order valence-electron chi connectivity index (χ3n) is 3.47. The molecule has 8 nitrogen and oxygen atoms in total. The van der Waals surface area contributed by atoms with Gasteiger partial charge in [-0.05, 0) is 31.2 Å². The van der Waals surface area contributed by atoms with E-state index in [1.165, 1.54) is 19.4 Å². The summed E-state index contributed by atoms with van der Waals surface area (Å²) in [7, 11) is 0. The predicted molar refractivity (Wildman–Crippen MR) is 89.9 cm³/mol. The van der Waals surface area contributed by atoms with E-state index in [-0.39, 0.29) is 12.3 Å². The molecular formula is C17H16N4O4. The Morgan fingerprint density at radius 3 is 2.84 bits per heavy atom. The number of Topliss-reactive ketones (excluding diaryl/α,β-unsaturated/α-hetero) is 1. The minimum absolute atomic E-state index is 0.0483. The zero-order chi connectivity index (χ0) is 17.8. The van der Waals surface area contributed by atoms with Crippen LogP contribution in [0.4, 0.5) is 4.79 Å². The first-order valence-corrected chi connectivity index (χ1v) is 7.56. The van der Waals surface area contributed by atoms with Gasteiger partial charge in [0.25, 0.3) is 0 Å². The molecule has 8 heteroatoms. The van der Waals surface area contributed by atoms with Crippen molar-refractivity contribution in [2.24, 2.45) is 0 Å². The number of fused-ring (bicyclic) bond motifs is 1. The second-order valence-corrected chi connectivity index (χ2v) is 5.44. The first kappa shape index (κ1) is 16.6. The van der Waals surface area contributed by atoms with Crippen molar-refractivity contribution >= 4 is 22.8 Å². The second kappa shape index (κ2) is 7.10. The van der Waals surface area contributed by atoms with Crippen molar-refractivity contribution in [3.05, 3.63) is 48.5 Å². The van der Waals surface area contributed by atoms with Gasteiger partial charge in [0.15, 0.2) is 0 Å². The van der Waals surface area contributed by atoms with E-state index in [1.54, 1.807) is 30.3 Å². The number of rotatable bonds is 6. The van der Waals surface area contributed by atoms with E-state index in [2.05, 4.69) is 15.3 Å². The van der Waals surface area contributed by atoms with Crippen LogP contribution in [0.25, 0.3) is 10.9 Å². The summed E-state index contributed by atoms with van der Waals surface area (Å²) in [5.74, 6) is 0.954. The Labute approximate surface area is 143 Å². The van der Waals surface area contributed by atoms with E-state index >= 15 is 0 Å². The van der Waals surface area contributed by atoms with Gasteiger partial charge in [-0.3, -0.25) is 9.36 Å². The molecular weight excluding hydrogens is 324 g/mol. The molecule has 0 fully saturated rings. The van der Waals surface area contributed by atoms with Gasteiger partial charge in [0.2, 0.25) is 5.88 Å². The van der Waals surface area contributed by atoms with Gasteiger partial charge in [0.1, 0.15) is 17.9 Å². The maximum atomic E-state index is 11.1. The summed E-state index contributed by atoms with van der Waals surface area (Å²) < 4.78 is 6.86. The summed E-state index contributed by atoms with van der Waals surface area (Å²) in [5, 5.41) is 12.8. The van der Waals surface area contributed by atoms with E-state index in [4.69, 9.17) is 9.84 Å². The minimum atomic E-state index is -1.04. The van der Waals surface area contributed by atoms with Crippen LogP contribution >= 0.6 is 0 Å².